The minimum Gasteiger partial charge on any atom is -0.394 e. The molecule has 2 aliphatic rings. The lowest BCUT2D eigenvalue weighted by Crippen LogP contribution is -2.67. The van der Waals surface area contributed by atoms with E-state index in [1.165, 1.54) is 167 Å². The van der Waals surface area contributed by atoms with Gasteiger partial charge in [-0.15, -0.1) is 0 Å². The zero-order valence-corrected chi connectivity index (χ0v) is 47.8. The molecule has 2 aliphatic heterocycles. The number of unbranched alkanes of at least 4 members (excludes halogenated alkanes) is 33. The van der Waals surface area contributed by atoms with Crippen molar-refractivity contribution in [3.05, 3.63) is 0 Å². The average molecular weight is 1090 g/mol. The Morgan fingerprint density at radius 3 is 1.26 bits per heavy atom. The largest absolute Gasteiger partial charge is 0.394 e. The van der Waals surface area contributed by atoms with Crippen LogP contribution in [0.3, 0.4) is 0 Å². The molecule has 0 radical (unpaired) electrons. The molecular weight excluding hydrogens is 977 g/mol. The molecular formula is C59H114N2O15. The zero-order chi connectivity index (χ0) is 55.8. The molecule has 17 heteroatoms. The van der Waals surface area contributed by atoms with E-state index in [0.717, 1.165) is 51.9 Å². The number of ether oxygens (including phenoxy) is 4. The number of rotatable bonds is 49. The summed E-state index contributed by atoms with van der Waals surface area (Å²) in [6.45, 7) is 3.61. The molecule has 2 rings (SSSR count). The maximum absolute atomic E-state index is 13.4. The summed E-state index contributed by atoms with van der Waals surface area (Å²) >= 11 is 0. The van der Waals surface area contributed by atoms with Gasteiger partial charge in [-0.25, -0.2) is 0 Å². The summed E-state index contributed by atoms with van der Waals surface area (Å²) in [7, 11) is 0. The summed E-state index contributed by atoms with van der Waals surface area (Å²) in [5, 5.41) is 102. The van der Waals surface area contributed by atoms with Crippen molar-refractivity contribution in [2.24, 2.45) is 0 Å². The molecule has 2 saturated heterocycles. The van der Waals surface area contributed by atoms with Crippen molar-refractivity contribution in [1.29, 1.82) is 0 Å². The van der Waals surface area contributed by atoms with Gasteiger partial charge in [-0.3, -0.25) is 9.59 Å². The Kier molecular flexibility index (Phi) is 41.8. The fourth-order valence-corrected chi connectivity index (χ4v) is 10.7. The predicted octanol–water partition coefficient (Wildman–Crippen LogP) is 7.81. The maximum atomic E-state index is 13.4. The van der Waals surface area contributed by atoms with E-state index in [9.17, 15) is 55.5 Å². The second-order valence-electron chi connectivity index (χ2n) is 22.5. The van der Waals surface area contributed by atoms with Crippen LogP contribution in [0.25, 0.3) is 0 Å². The fourth-order valence-electron chi connectivity index (χ4n) is 10.7. The smallest absolute Gasteiger partial charge is 0.249 e. The molecule has 450 valence electrons. The first kappa shape index (κ1) is 70.5. The van der Waals surface area contributed by atoms with Crippen molar-refractivity contribution in [1.82, 2.24) is 10.6 Å². The van der Waals surface area contributed by atoms with Gasteiger partial charge in [-0.1, -0.05) is 239 Å². The molecule has 17 nitrogen and oxygen atoms in total. The molecule has 2 heterocycles. The van der Waals surface area contributed by atoms with Crippen LogP contribution in [-0.2, 0) is 28.5 Å². The number of aliphatic hydroxyl groups excluding tert-OH is 9. The van der Waals surface area contributed by atoms with E-state index < -0.39 is 117 Å². The van der Waals surface area contributed by atoms with Crippen LogP contribution in [0.4, 0.5) is 0 Å². The molecule has 0 aromatic heterocycles. The van der Waals surface area contributed by atoms with Crippen LogP contribution in [0.15, 0.2) is 0 Å². The second kappa shape index (κ2) is 45.1. The molecule has 0 aliphatic carbocycles. The van der Waals surface area contributed by atoms with Crippen LogP contribution in [0.2, 0.25) is 0 Å². The van der Waals surface area contributed by atoms with Gasteiger partial charge in [0.2, 0.25) is 11.8 Å². The maximum Gasteiger partial charge on any atom is 0.249 e. The van der Waals surface area contributed by atoms with E-state index in [1.807, 2.05) is 0 Å². The molecule has 0 spiro atoms. The first-order valence-corrected chi connectivity index (χ1v) is 30.9. The molecule has 0 bridgehead atoms. The zero-order valence-electron chi connectivity index (χ0n) is 47.8. The van der Waals surface area contributed by atoms with Crippen molar-refractivity contribution < 1.29 is 74.5 Å². The molecule has 2 fully saturated rings. The molecule has 0 aromatic rings. The summed E-state index contributed by atoms with van der Waals surface area (Å²) < 4.78 is 23.2. The first-order valence-electron chi connectivity index (χ1n) is 30.9. The van der Waals surface area contributed by atoms with Crippen molar-refractivity contribution in [3.8, 4) is 0 Å². The summed E-state index contributed by atoms with van der Waals surface area (Å²) in [4.78, 5) is 25.4. The standard InChI is InChI=1S/C59H114N2O15/c1-4-6-8-10-12-14-16-18-20-21-22-23-24-26-28-30-32-34-36-38-40-47(66)57(72)61-45(51(67)46(65)39-37-35-33-31-29-27-25-19-17-15-13-11-9-7-5-2)43-73-59-55(71)54(70)56(49(42-63)75-59)76-58-50(60-44(3)64)53(69)52(68)48(41-62)74-58/h45-56,58-59,62-63,65-71H,4-43H2,1-3H3,(H,60,64)(H,61,72)/t45-,46+,47+,48+,49+,50+,51-,52+,53+,54+,55+,56-,58+,59-/m0/s1. The highest BCUT2D eigenvalue weighted by Gasteiger charge is 2.51. The third kappa shape index (κ3) is 30.3. The van der Waals surface area contributed by atoms with Crippen LogP contribution in [0.5, 0.6) is 0 Å². The van der Waals surface area contributed by atoms with Crippen molar-refractivity contribution in [2.45, 2.75) is 344 Å². The van der Waals surface area contributed by atoms with Crippen molar-refractivity contribution in [3.63, 3.8) is 0 Å². The van der Waals surface area contributed by atoms with Gasteiger partial charge >= 0.3 is 0 Å². The fraction of sp³-hybridized carbons (Fsp3) is 0.966. The molecule has 0 aromatic carbocycles. The Balaban J connectivity index is 1.88. The Hall–Kier alpha value is -1.58. The highest BCUT2D eigenvalue weighted by molar-refractivity contribution is 5.80. The Bertz CT molecular complexity index is 1390. The van der Waals surface area contributed by atoms with Gasteiger partial charge in [0.1, 0.15) is 61.0 Å². The van der Waals surface area contributed by atoms with Crippen LogP contribution in [0, 0.1) is 0 Å². The third-order valence-electron chi connectivity index (χ3n) is 15.7. The topological polar surface area (TPSA) is 277 Å². The minimum absolute atomic E-state index is 0.203. The van der Waals surface area contributed by atoms with Gasteiger partial charge < -0.3 is 75.5 Å². The van der Waals surface area contributed by atoms with E-state index in [-0.39, 0.29) is 12.8 Å². The van der Waals surface area contributed by atoms with Crippen LogP contribution >= 0.6 is 0 Å². The Morgan fingerprint density at radius 1 is 0.487 bits per heavy atom. The normalized spacial score (nSPS) is 25.5. The highest BCUT2D eigenvalue weighted by Crippen LogP contribution is 2.30. The molecule has 0 unspecified atom stereocenters. The summed E-state index contributed by atoms with van der Waals surface area (Å²) in [5.41, 5.74) is 0. The lowest BCUT2D eigenvalue weighted by molar-refractivity contribution is -0.347. The molecule has 2 amide bonds. The third-order valence-corrected chi connectivity index (χ3v) is 15.7. The number of hydrogen-bond acceptors (Lipinski definition) is 15. The molecule has 14 atom stereocenters. The molecule has 0 saturated carbocycles. The van der Waals surface area contributed by atoms with Crippen LogP contribution in [-0.4, -0.2) is 163 Å². The van der Waals surface area contributed by atoms with Gasteiger partial charge in [-0.05, 0) is 12.8 Å². The number of carbonyl (C=O) groups excluding carboxylic acids is 2. The average Bonchev–Trinajstić information content (AvgIpc) is 3.41. The van der Waals surface area contributed by atoms with Gasteiger partial charge in [0, 0.05) is 6.92 Å². The van der Waals surface area contributed by atoms with Gasteiger partial charge in [-0.2, -0.15) is 0 Å². The van der Waals surface area contributed by atoms with Crippen LogP contribution in [0.1, 0.15) is 258 Å². The highest BCUT2D eigenvalue weighted by atomic mass is 16.7. The van der Waals surface area contributed by atoms with E-state index >= 15 is 0 Å². The lowest BCUT2D eigenvalue weighted by Gasteiger charge is -2.47. The van der Waals surface area contributed by atoms with E-state index in [1.54, 1.807) is 0 Å². The second-order valence-corrected chi connectivity index (χ2v) is 22.5. The van der Waals surface area contributed by atoms with Gasteiger partial charge in [0.15, 0.2) is 12.6 Å². The van der Waals surface area contributed by atoms with E-state index in [0.29, 0.717) is 12.8 Å². The predicted molar refractivity (Wildman–Crippen MR) is 296 cm³/mol. The molecule has 76 heavy (non-hydrogen) atoms. The van der Waals surface area contributed by atoms with Crippen LogP contribution < -0.4 is 10.6 Å². The van der Waals surface area contributed by atoms with Crippen molar-refractivity contribution in [2.75, 3.05) is 19.8 Å². The summed E-state index contributed by atoms with van der Waals surface area (Å²) in [6.07, 6.45) is 24.3. The summed E-state index contributed by atoms with van der Waals surface area (Å²) in [5.74, 6) is -1.37. The monoisotopic (exact) mass is 1090 g/mol. The van der Waals surface area contributed by atoms with Gasteiger partial charge in [0.05, 0.1) is 32.0 Å². The number of carbonyl (C=O) groups is 2. The quantitative estimate of drug-likeness (QED) is 0.0259. The first-order chi connectivity index (χ1) is 36.8. The Labute approximate surface area is 459 Å². The lowest BCUT2D eigenvalue weighted by atomic mass is 9.95. The van der Waals surface area contributed by atoms with Crippen molar-refractivity contribution >= 4 is 11.8 Å². The van der Waals surface area contributed by atoms with E-state index in [4.69, 9.17) is 18.9 Å². The SMILES string of the molecule is CCCCCCCCCCCCCCCCCCCCCC[C@@H](O)C(=O)N[C@@H](CO[C@H]1O[C@H](CO)[C@H](O[C@H]2O[C@H](CO)[C@@H](O)[C@H](O)[C@H]2NC(C)=O)[C@H](O)[C@H]1O)[C@H](O)[C@H](O)CCCCCCCCCCCCCCCCC. The summed E-state index contributed by atoms with van der Waals surface area (Å²) in [6, 6.07) is -2.67. The number of hydrogen-bond donors (Lipinski definition) is 11. The number of nitrogens with one attached hydrogen (secondary N) is 2. The Morgan fingerprint density at radius 2 is 0.868 bits per heavy atom. The number of aliphatic hydroxyl groups is 9. The molecule has 11 N–H and O–H groups in total. The van der Waals surface area contributed by atoms with E-state index in [2.05, 4.69) is 24.5 Å². The minimum atomic E-state index is -1.86. The number of amides is 2. The van der Waals surface area contributed by atoms with Gasteiger partial charge in [0.25, 0.3) is 0 Å².